The van der Waals surface area contributed by atoms with Crippen LogP contribution in [0, 0.1) is 0 Å². The second-order valence-electron chi connectivity index (χ2n) is 6.38. The van der Waals surface area contributed by atoms with Gasteiger partial charge in [-0.1, -0.05) is 24.8 Å². The molecule has 0 saturated carbocycles. The molecule has 0 unspecified atom stereocenters. The smallest absolute Gasteiger partial charge is 0.259 e. The summed E-state index contributed by atoms with van der Waals surface area (Å²) in [5.74, 6) is -0.655. The van der Waals surface area contributed by atoms with Crippen molar-refractivity contribution in [3.63, 3.8) is 0 Å². The molecule has 2 amide bonds. The summed E-state index contributed by atoms with van der Waals surface area (Å²) >= 11 is 3.13. The molecule has 0 radical (unpaired) electrons. The highest BCUT2D eigenvalue weighted by atomic mass is 32.1. The lowest BCUT2D eigenvalue weighted by atomic mass is 10.1. The molecule has 8 heteroatoms. The Bertz CT molecular complexity index is 1050. The predicted octanol–water partition coefficient (Wildman–Crippen LogP) is 2.69. The zero-order valence-corrected chi connectivity index (χ0v) is 19.5. The summed E-state index contributed by atoms with van der Waals surface area (Å²) in [6.45, 7) is 13.3. The van der Waals surface area contributed by atoms with Crippen LogP contribution in [-0.2, 0) is 4.79 Å². The van der Waals surface area contributed by atoms with E-state index in [4.69, 9.17) is 0 Å². The number of hydrogen-bond acceptors (Lipinski definition) is 6. The van der Waals surface area contributed by atoms with Gasteiger partial charge in [-0.05, 0) is 33.8 Å². The molecule has 2 aromatic rings. The molecular weight excluding hydrogens is 416 g/mol. The molecule has 0 aliphatic heterocycles. The fraction of sp³-hybridized carbons (Fsp3) is 0.318. The Morgan fingerprint density at radius 1 is 1.23 bits per heavy atom. The second kappa shape index (κ2) is 11.5. The molecule has 2 heterocycles. The van der Waals surface area contributed by atoms with Gasteiger partial charge in [0.15, 0.2) is 0 Å². The summed E-state index contributed by atoms with van der Waals surface area (Å²) in [5.41, 5.74) is 4.70. The Balaban J connectivity index is 1.97. The Kier molecular flexibility index (Phi) is 9.01. The molecular formula is C22H28N4O2S2. The van der Waals surface area contributed by atoms with Crippen molar-refractivity contribution in [2.24, 2.45) is 5.10 Å². The molecule has 0 aromatic carbocycles. The Morgan fingerprint density at radius 3 is 2.60 bits per heavy atom. The van der Waals surface area contributed by atoms with Crippen LogP contribution in [0.5, 0.6) is 0 Å². The number of amides is 2. The molecule has 2 aromatic heterocycles. The normalized spacial score (nSPS) is 12.7. The van der Waals surface area contributed by atoms with Crippen molar-refractivity contribution in [1.82, 2.24) is 10.7 Å². The topological polar surface area (TPSA) is 73.8 Å². The van der Waals surface area contributed by atoms with Gasteiger partial charge in [0.2, 0.25) is 0 Å². The third-order valence-electron chi connectivity index (χ3n) is 4.48. The number of thiophene rings is 2. The molecule has 0 saturated heterocycles. The summed E-state index contributed by atoms with van der Waals surface area (Å²) < 4.78 is 1.12. The van der Waals surface area contributed by atoms with Gasteiger partial charge in [-0.2, -0.15) is 5.10 Å². The van der Waals surface area contributed by atoms with Crippen LogP contribution >= 0.6 is 22.7 Å². The van der Waals surface area contributed by atoms with Crippen LogP contribution in [0.2, 0.25) is 0 Å². The number of nitrogens with one attached hydrogen (secondary N) is 2. The monoisotopic (exact) mass is 444 g/mol. The lowest BCUT2D eigenvalue weighted by Gasteiger charge is -2.17. The summed E-state index contributed by atoms with van der Waals surface area (Å²) in [6, 6.07) is 1.85. The van der Waals surface area contributed by atoms with Crippen LogP contribution in [0.25, 0.3) is 12.2 Å². The van der Waals surface area contributed by atoms with Crippen LogP contribution in [0.1, 0.15) is 43.6 Å². The molecule has 30 heavy (non-hydrogen) atoms. The van der Waals surface area contributed by atoms with Crippen molar-refractivity contribution < 1.29 is 9.59 Å². The lowest BCUT2D eigenvalue weighted by Crippen LogP contribution is -2.35. The highest BCUT2D eigenvalue weighted by molar-refractivity contribution is 7.14. The minimum absolute atomic E-state index is 0.144. The van der Waals surface area contributed by atoms with Gasteiger partial charge in [0.05, 0.1) is 22.8 Å². The molecule has 0 fully saturated rings. The maximum absolute atomic E-state index is 12.3. The zero-order valence-electron chi connectivity index (χ0n) is 17.8. The van der Waals surface area contributed by atoms with E-state index >= 15 is 0 Å². The van der Waals surface area contributed by atoms with E-state index in [1.165, 1.54) is 11.3 Å². The van der Waals surface area contributed by atoms with Gasteiger partial charge in [-0.15, -0.1) is 22.7 Å². The first kappa shape index (κ1) is 23.6. The number of hydrazone groups is 1. The van der Waals surface area contributed by atoms with Crippen LogP contribution in [0.3, 0.4) is 0 Å². The molecule has 0 aliphatic rings. The number of carbonyl (C=O) groups is 2. The van der Waals surface area contributed by atoms with Gasteiger partial charge in [-0.3, -0.25) is 9.59 Å². The average Bonchev–Trinajstić information content (AvgIpc) is 3.39. The summed E-state index contributed by atoms with van der Waals surface area (Å²) in [6.07, 6.45) is 5.69. The van der Waals surface area contributed by atoms with Gasteiger partial charge < -0.3 is 10.2 Å². The highest BCUT2D eigenvalue weighted by Crippen LogP contribution is 2.24. The van der Waals surface area contributed by atoms with E-state index in [-0.39, 0.29) is 18.4 Å². The minimum Gasteiger partial charge on any atom is -0.364 e. The zero-order chi connectivity index (χ0) is 22.1. The van der Waals surface area contributed by atoms with Crippen molar-refractivity contribution in [3.05, 3.63) is 50.4 Å². The van der Waals surface area contributed by atoms with Crippen molar-refractivity contribution in [2.75, 3.05) is 24.5 Å². The van der Waals surface area contributed by atoms with Crippen LogP contribution in [0.4, 0.5) is 5.00 Å². The number of anilines is 1. The third kappa shape index (κ3) is 5.90. The van der Waals surface area contributed by atoms with Gasteiger partial charge >= 0.3 is 0 Å². The van der Waals surface area contributed by atoms with E-state index < -0.39 is 0 Å². The molecule has 160 valence electrons. The second-order valence-corrected chi connectivity index (χ2v) is 8.18. The highest BCUT2D eigenvalue weighted by Gasteiger charge is 2.13. The molecule has 0 atom stereocenters. The molecule has 2 rings (SSSR count). The molecule has 2 N–H and O–H groups in total. The Morgan fingerprint density at radius 2 is 1.97 bits per heavy atom. The van der Waals surface area contributed by atoms with Gasteiger partial charge in [0.25, 0.3) is 11.8 Å². The molecule has 6 nitrogen and oxygen atoms in total. The first-order valence-corrected chi connectivity index (χ1v) is 11.5. The van der Waals surface area contributed by atoms with Crippen molar-refractivity contribution >= 4 is 57.4 Å². The Hall–Kier alpha value is -2.71. The number of hydrogen-bond donors (Lipinski definition) is 2. The number of allylic oxidation sites excluding steroid dienone is 1. The van der Waals surface area contributed by atoms with Crippen LogP contribution < -0.4 is 25.4 Å². The number of carbonyl (C=O) groups excluding carboxylic acids is 2. The molecule has 0 bridgehead atoms. The fourth-order valence-corrected chi connectivity index (χ4v) is 4.84. The first-order valence-electron chi connectivity index (χ1n) is 9.76. The van der Waals surface area contributed by atoms with E-state index in [1.54, 1.807) is 22.8 Å². The first-order chi connectivity index (χ1) is 14.4. The maximum atomic E-state index is 12.3. The summed E-state index contributed by atoms with van der Waals surface area (Å²) in [5, 5.41) is 12.7. The predicted molar refractivity (Wildman–Crippen MR) is 129 cm³/mol. The van der Waals surface area contributed by atoms with Gasteiger partial charge in [-0.25, -0.2) is 5.43 Å². The number of rotatable bonds is 9. The number of nitrogens with zero attached hydrogens (tertiary/aromatic N) is 2. The van der Waals surface area contributed by atoms with Gasteiger partial charge in [0.1, 0.15) is 0 Å². The van der Waals surface area contributed by atoms with E-state index in [0.717, 1.165) is 33.4 Å². The summed E-state index contributed by atoms with van der Waals surface area (Å²) in [4.78, 5) is 26.6. The fourth-order valence-electron chi connectivity index (χ4n) is 2.83. The largest absolute Gasteiger partial charge is 0.364 e. The van der Waals surface area contributed by atoms with Crippen molar-refractivity contribution in [3.8, 4) is 0 Å². The average molecular weight is 445 g/mol. The molecule has 0 spiro atoms. The van der Waals surface area contributed by atoms with Crippen LogP contribution in [-0.4, -0.2) is 37.2 Å². The van der Waals surface area contributed by atoms with E-state index in [9.17, 15) is 9.59 Å². The van der Waals surface area contributed by atoms with E-state index in [2.05, 4.69) is 41.2 Å². The Labute approximate surface area is 185 Å². The van der Waals surface area contributed by atoms with Crippen molar-refractivity contribution in [1.29, 1.82) is 0 Å². The molecule has 0 aliphatic carbocycles. The van der Waals surface area contributed by atoms with Crippen molar-refractivity contribution in [2.45, 2.75) is 27.7 Å². The van der Waals surface area contributed by atoms with E-state index in [0.29, 0.717) is 11.3 Å². The maximum Gasteiger partial charge on any atom is 0.259 e. The lowest BCUT2D eigenvalue weighted by molar-refractivity contribution is -0.120. The van der Waals surface area contributed by atoms with Crippen LogP contribution in [0.15, 0.2) is 34.6 Å². The minimum atomic E-state index is -0.381. The van der Waals surface area contributed by atoms with E-state index in [1.807, 2.05) is 37.4 Å². The SMILES string of the molecule is C=CC=c1c(C(C)=NNC(=O)CNC(=O)c2csc(N(CC)CC)c2)csc1=CC. The van der Waals surface area contributed by atoms with Gasteiger partial charge in [0, 0.05) is 39.2 Å². The standard InChI is InChI=1S/C22H28N4O2S2/c1-6-10-17-18(14-29-19(17)7-2)15(5)24-25-20(27)12-23-22(28)16-11-21(30-13-16)26(8-3)9-4/h6-7,10-11,13-14H,1,8-9,12H2,2-5H3,(H,23,28)(H,25,27). The summed E-state index contributed by atoms with van der Waals surface area (Å²) in [7, 11) is 0. The third-order valence-corrected chi connectivity index (χ3v) is 6.53. The quantitative estimate of drug-likeness (QED) is 0.461.